The Bertz CT molecular complexity index is 1250. The molecule has 0 aliphatic heterocycles. The van der Waals surface area contributed by atoms with Crippen molar-refractivity contribution in [3.8, 4) is 0 Å². The number of esters is 1. The predicted molar refractivity (Wildman–Crippen MR) is 284 cm³/mol. The monoisotopic (exact) mass is 965 g/mol. The van der Waals surface area contributed by atoms with E-state index in [1.165, 1.54) is 154 Å². The number of nitrogens with zero attached hydrogens (tertiary/aromatic N) is 1. The van der Waals surface area contributed by atoms with Crippen LogP contribution in [0.15, 0.2) is 36.5 Å². The van der Waals surface area contributed by atoms with E-state index in [0.29, 0.717) is 17.4 Å². The number of carbonyl (C=O) groups is 2. The topological polar surface area (TPSA) is 114 Å². The predicted octanol–water partition coefficient (Wildman–Crippen LogP) is 16.1. The standard InChI is InChI=1S/C57H109N2O7P/c1-7-10-13-16-19-22-25-27-28-29-30-32-34-37-40-43-46-49-56(60)58-54(53-65-67(62,63)64-52-51-59(4,5)6)55(48-45-42-39-36-33-24-21-18-15-12-9-3)66-57(61)50-47-44-41-38-35-31-26-23-20-17-14-11-8-2/h19,22,27-28,45,48,54-55H,7-18,20-21,23-26,29-44,46-47,49-53H2,1-6H3,(H-,58,60,62,63)/b22-19-,28-27-,48-45+. The second-order valence-corrected chi connectivity index (χ2v) is 21.9. The zero-order chi connectivity index (χ0) is 49.4. The van der Waals surface area contributed by atoms with Gasteiger partial charge in [0.1, 0.15) is 19.3 Å². The van der Waals surface area contributed by atoms with Crippen molar-refractivity contribution in [3.05, 3.63) is 36.5 Å². The van der Waals surface area contributed by atoms with Crippen LogP contribution in [0.4, 0.5) is 0 Å². The van der Waals surface area contributed by atoms with Gasteiger partial charge in [-0.15, -0.1) is 0 Å². The van der Waals surface area contributed by atoms with E-state index in [1.807, 2.05) is 33.3 Å². The summed E-state index contributed by atoms with van der Waals surface area (Å²) < 4.78 is 30.2. The minimum Gasteiger partial charge on any atom is -0.756 e. The van der Waals surface area contributed by atoms with Gasteiger partial charge >= 0.3 is 5.97 Å². The number of quaternary nitrogens is 1. The third-order valence-corrected chi connectivity index (χ3v) is 13.5. The molecular formula is C57H109N2O7P. The quantitative estimate of drug-likeness (QED) is 0.0212. The van der Waals surface area contributed by atoms with E-state index in [9.17, 15) is 19.0 Å². The van der Waals surface area contributed by atoms with Crippen LogP contribution in [0.1, 0.15) is 265 Å². The molecular weight excluding hydrogens is 856 g/mol. The van der Waals surface area contributed by atoms with Gasteiger partial charge in [0.2, 0.25) is 5.91 Å². The van der Waals surface area contributed by atoms with E-state index in [0.717, 1.165) is 77.0 Å². The molecule has 3 atom stereocenters. The van der Waals surface area contributed by atoms with Gasteiger partial charge in [0.15, 0.2) is 0 Å². The number of likely N-dealkylation sites (N-methyl/N-ethyl adjacent to an activating group) is 1. The SMILES string of the molecule is CCCCC/C=C\C/C=C\CCCCCCCCCC(=O)NC(COP(=O)([O-])OCC[N+](C)(C)C)C(/C=C/CCCCCCCCCCC)OC(=O)CCCCCCCCCCCCCCC. The minimum absolute atomic E-state index is 0.0222. The molecule has 0 saturated carbocycles. The van der Waals surface area contributed by atoms with E-state index in [1.54, 1.807) is 0 Å². The van der Waals surface area contributed by atoms with Crippen LogP contribution in [0.25, 0.3) is 0 Å². The van der Waals surface area contributed by atoms with E-state index < -0.39 is 20.0 Å². The highest BCUT2D eigenvalue weighted by molar-refractivity contribution is 7.45. The molecule has 9 nitrogen and oxygen atoms in total. The number of rotatable bonds is 51. The molecule has 3 unspecified atom stereocenters. The molecule has 0 aliphatic carbocycles. The molecule has 0 aromatic heterocycles. The lowest BCUT2D eigenvalue weighted by molar-refractivity contribution is -0.870. The van der Waals surface area contributed by atoms with Gasteiger partial charge in [0.05, 0.1) is 33.8 Å². The summed E-state index contributed by atoms with van der Waals surface area (Å²) in [6.45, 7) is 6.81. The van der Waals surface area contributed by atoms with Gasteiger partial charge in [-0.25, -0.2) is 0 Å². The fraction of sp³-hybridized carbons (Fsp3) is 0.860. The Morgan fingerprint density at radius 3 is 1.37 bits per heavy atom. The number of amides is 1. The Hall–Kier alpha value is -1.77. The number of allylic oxidation sites excluding steroid dienone is 5. The largest absolute Gasteiger partial charge is 0.756 e. The zero-order valence-electron chi connectivity index (χ0n) is 44.9. The second-order valence-electron chi connectivity index (χ2n) is 20.4. The van der Waals surface area contributed by atoms with Crippen molar-refractivity contribution in [1.29, 1.82) is 0 Å². The van der Waals surface area contributed by atoms with Crippen molar-refractivity contribution in [3.63, 3.8) is 0 Å². The first kappa shape index (κ1) is 65.2. The summed E-state index contributed by atoms with van der Waals surface area (Å²) in [7, 11) is 1.19. The van der Waals surface area contributed by atoms with Gasteiger partial charge in [-0.3, -0.25) is 14.2 Å². The Balaban J connectivity index is 5.32. The highest BCUT2D eigenvalue weighted by Crippen LogP contribution is 2.38. The van der Waals surface area contributed by atoms with Crippen molar-refractivity contribution in [2.24, 2.45) is 0 Å². The molecule has 67 heavy (non-hydrogen) atoms. The minimum atomic E-state index is -4.69. The molecule has 0 spiro atoms. The molecule has 1 amide bonds. The van der Waals surface area contributed by atoms with Crippen molar-refractivity contribution < 1.29 is 37.3 Å². The van der Waals surface area contributed by atoms with E-state index in [4.69, 9.17) is 13.8 Å². The molecule has 10 heteroatoms. The second kappa shape index (κ2) is 47.9. The number of unbranched alkanes of at least 4 members (excludes halogenated alkanes) is 31. The molecule has 0 aromatic carbocycles. The number of hydrogen-bond donors (Lipinski definition) is 1. The first-order chi connectivity index (χ1) is 32.4. The third-order valence-electron chi connectivity index (χ3n) is 12.6. The van der Waals surface area contributed by atoms with Crippen LogP contribution in [-0.4, -0.2) is 69.4 Å². The fourth-order valence-electron chi connectivity index (χ4n) is 8.14. The number of carbonyl (C=O) groups excluding carboxylic acids is 2. The zero-order valence-corrected chi connectivity index (χ0v) is 45.8. The number of phosphoric ester groups is 1. The maximum absolute atomic E-state index is 13.5. The number of phosphoric acid groups is 1. The van der Waals surface area contributed by atoms with E-state index >= 15 is 0 Å². The van der Waals surface area contributed by atoms with Crippen molar-refractivity contribution in [2.45, 2.75) is 277 Å². The lowest BCUT2D eigenvalue weighted by atomic mass is 10.0. The summed E-state index contributed by atoms with van der Waals surface area (Å²) in [4.78, 5) is 39.8. The number of hydrogen-bond acceptors (Lipinski definition) is 7. The van der Waals surface area contributed by atoms with Crippen LogP contribution in [0.3, 0.4) is 0 Å². The fourth-order valence-corrected chi connectivity index (χ4v) is 8.86. The first-order valence-corrected chi connectivity index (χ1v) is 29.8. The smallest absolute Gasteiger partial charge is 0.306 e. The first-order valence-electron chi connectivity index (χ1n) is 28.3. The summed E-state index contributed by atoms with van der Waals surface area (Å²) in [5.41, 5.74) is 0. The molecule has 0 saturated heterocycles. The van der Waals surface area contributed by atoms with Crippen LogP contribution < -0.4 is 10.2 Å². The summed E-state index contributed by atoms with van der Waals surface area (Å²) in [6.07, 6.45) is 55.3. The van der Waals surface area contributed by atoms with Crippen molar-refractivity contribution in [2.75, 3.05) is 40.9 Å². The Labute approximate surface area is 415 Å². The normalized spacial score (nSPS) is 14.1. The van der Waals surface area contributed by atoms with Crippen LogP contribution >= 0.6 is 7.82 Å². The Kier molecular flexibility index (Phi) is 46.6. The average Bonchev–Trinajstić information content (AvgIpc) is 3.28. The molecule has 0 bridgehead atoms. The molecule has 0 rings (SSSR count). The molecule has 0 heterocycles. The molecule has 0 aromatic rings. The van der Waals surface area contributed by atoms with Gasteiger partial charge in [-0.2, -0.15) is 0 Å². The third kappa shape index (κ3) is 49.0. The molecule has 1 N–H and O–H groups in total. The van der Waals surface area contributed by atoms with Gasteiger partial charge < -0.3 is 28.5 Å². The summed E-state index contributed by atoms with van der Waals surface area (Å²) in [5.74, 6) is -0.543. The lowest BCUT2D eigenvalue weighted by Gasteiger charge is -2.30. The lowest BCUT2D eigenvalue weighted by Crippen LogP contribution is -2.47. The maximum Gasteiger partial charge on any atom is 0.306 e. The highest BCUT2D eigenvalue weighted by atomic mass is 31.2. The molecule has 394 valence electrons. The highest BCUT2D eigenvalue weighted by Gasteiger charge is 2.27. The van der Waals surface area contributed by atoms with E-state index in [2.05, 4.69) is 50.4 Å². The van der Waals surface area contributed by atoms with Gasteiger partial charge in [0.25, 0.3) is 7.82 Å². The maximum atomic E-state index is 13.5. The van der Waals surface area contributed by atoms with Crippen LogP contribution in [-0.2, 0) is 27.9 Å². The molecule has 0 aliphatic rings. The summed E-state index contributed by atoms with van der Waals surface area (Å²) in [6, 6.07) is -0.886. The number of nitrogens with one attached hydrogen (secondary N) is 1. The van der Waals surface area contributed by atoms with Crippen molar-refractivity contribution in [1.82, 2.24) is 5.32 Å². The average molecular weight is 965 g/mol. The van der Waals surface area contributed by atoms with Crippen LogP contribution in [0.5, 0.6) is 0 Å². The summed E-state index contributed by atoms with van der Waals surface area (Å²) >= 11 is 0. The Morgan fingerprint density at radius 1 is 0.522 bits per heavy atom. The van der Waals surface area contributed by atoms with Gasteiger partial charge in [-0.05, 0) is 63.9 Å². The Morgan fingerprint density at radius 2 is 0.910 bits per heavy atom. The molecule has 0 radical (unpaired) electrons. The number of ether oxygens (including phenoxy) is 1. The van der Waals surface area contributed by atoms with Crippen LogP contribution in [0, 0.1) is 0 Å². The van der Waals surface area contributed by atoms with Gasteiger partial charge in [0, 0.05) is 12.8 Å². The molecule has 0 fully saturated rings. The van der Waals surface area contributed by atoms with E-state index in [-0.39, 0.29) is 31.5 Å². The van der Waals surface area contributed by atoms with Gasteiger partial charge in [-0.1, -0.05) is 225 Å². The van der Waals surface area contributed by atoms with Crippen molar-refractivity contribution >= 4 is 19.7 Å². The summed E-state index contributed by atoms with van der Waals surface area (Å²) in [5, 5.41) is 3.02. The van der Waals surface area contributed by atoms with Crippen LogP contribution in [0.2, 0.25) is 0 Å².